The number of phenolic OH excluding ortho intramolecular Hbond substituents is 1. The quantitative estimate of drug-likeness (QED) is 0.875. The van der Waals surface area contributed by atoms with Gasteiger partial charge in [-0.15, -0.1) is 0 Å². The van der Waals surface area contributed by atoms with E-state index in [1.54, 1.807) is 19.2 Å². The molecule has 2 rings (SSSR count). The first-order valence-corrected chi connectivity index (χ1v) is 7.21. The molecule has 0 heterocycles. The smallest absolute Gasteiger partial charge is 0.120 e. The van der Waals surface area contributed by atoms with Crippen molar-refractivity contribution in [3.63, 3.8) is 0 Å². The molecule has 1 aromatic carbocycles. The van der Waals surface area contributed by atoms with Crippen LogP contribution in [0, 0.1) is 11.8 Å². The van der Waals surface area contributed by atoms with Gasteiger partial charge in [0.05, 0.1) is 7.11 Å². The second kappa shape index (κ2) is 6.29. The summed E-state index contributed by atoms with van der Waals surface area (Å²) in [5, 5.41) is 13.5. The van der Waals surface area contributed by atoms with Crippen LogP contribution >= 0.6 is 0 Å². The fourth-order valence-electron chi connectivity index (χ4n) is 2.94. The summed E-state index contributed by atoms with van der Waals surface area (Å²) in [4.78, 5) is 0. The van der Waals surface area contributed by atoms with Gasteiger partial charge >= 0.3 is 0 Å². The van der Waals surface area contributed by atoms with Gasteiger partial charge in [-0.2, -0.15) is 0 Å². The maximum Gasteiger partial charge on any atom is 0.120 e. The largest absolute Gasteiger partial charge is 0.508 e. The molecule has 1 fully saturated rings. The zero-order valence-corrected chi connectivity index (χ0v) is 12.1. The zero-order valence-electron chi connectivity index (χ0n) is 12.1. The standard InChI is InChI=1S/C16H25NO2/c1-11-5-4-6-15(12(11)2)17-10-13-9-14(19-3)7-8-16(13)18/h7-9,11-12,15,17-18H,4-6,10H2,1-3H3. The van der Waals surface area contributed by atoms with Crippen molar-refractivity contribution in [2.24, 2.45) is 11.8 Å². The minimum absolute atomic E-state index is 0.338. The number of benzene rings is 1. The van der Waals surface area contributed by atoms with Gasteiger partial charge in [0.25, 0.3) is 0 Å². The molecule has 0 radical (unpaired) electrons. The molecule has 0 bridgehead atoms. The minimum atomic E-state index is 0.338. The van der Waals surface area contributed by atoms with Crippen LogP contribution in [0.4, 0.5) is 0 Å². The van der Waals surface area contributed by atoms with Crippen LogP contribution in [0.3, 0.4) is 0 Å². The first-order valence-electron chi connectivity index (χ1n) is 7.21. The number of hydrogen-bond donors (Lipinski definition) is 2. The van der Waals surface area contributed by atoms with Crippen molar-refractivity contribution in [1.29, 1.82) is 0 Å². The predicted octanol–water partition coefficient (Wildman–Crippen LogP) is 3.32. The Kier molecular flexibility index (Phi) is 4.70. The molecule has 0 aromatic heterocycles. The Bertz CT molecular complexity index is 419. The molecule has 2 N–H and O–H groups in total. The van der Waals surface area contributed by atoms with Gasteiger partial charge in [0.15, 0.2) is 0 Å². The van der Waals surface area contributed by atoms with E-state index in [0.717, 1.165) is 17.2 Å². The van der Waals surface area contributed by atoms with E-state index in [9.17, 15) is 5.11 Å². The Morgan fingerprint density at radius 2 is 2.11 bits per heavy atom. The van der Waals surface area contributed by atoms with Crippen LogP contribution in [0.1, 0.15) is 38.7 Å². The third-order valence-electron chi connectivity index (χ3n) is 4.55. The lowest BCUT2D eigenvalue weighted by Crippen LogP contribution is -2.40. The Labute approximate surface area is 116 Å². The van der Waals surface area contributed by atoms with E-state index in [1.807, 2.05) is 6.07 Å². The molecule has 1 aromatic rings. The van der Waals surface area contributed by atoms with Crippen LogP contribution in [-0.2, 0) is 6.54 Å². The van der Waals surface area contributed by atoms with E-state index in [4.69, 9.17) is 4.74 Å². The highest BCUT2D eigenvalue weighted by Crippen LogP contribution is 2.30. The monoisotopic (exact) mass is 263 g/mol. The van der Waals surface area contributed by atoms with E-state index in [2.05, 4.69) is 19.2 Å². The van der Waals surface area contributed by atoms with Gasteiger partial charge in [-0.1, -0.05) is 26.7 Å². The van der Waals surface area contributed by atoms with Crippen LogP contribution in [0.25, 0.3) is 0 Å². The third kappa shape index (κ3) is 3.41. The summed E-state index contributed by atoms with van der Waals surface area (Å²) in [6.07, 6.45) is 3.87. The highest BCUT2D eigenvalue weighted by atomic mass is 16.5. The van der Waals surface area contributed by atoms with E-state index in [0.29, 0.717) is 24.3 Å². The fourth-order valence-corrected chi connectivity index (χ4v) is 2.94. The summed E-state index contributed by atoms with van der Waals surface area (Å²) in [5.41, 5.74) is 0.907. The van der Waals surface area contributed by atoms with Gasteiger partial charge in [0, 0.05) is 18.2 Å². The van der Waals surface area contributed by atoms with Crippen molar-refractivity contribution in [1.82, 2.24) is 5.32 Å². The summed E-state index contributed by atoms with van der Waals surface area (Å²) in [6, 6.07) is 5.93. The van der Waals surface area contributed by atoms with E-state index < -0.39 is 0 Å². The molecule has 1 saturated carbocycles. The van der Waals surface area contributed by atoms with Gasteiger partial charge in [0.2, 0.25) is 0 Å². The zero-order chi connectivity index (χ0) is 13.8. The first kappa shape index (κ1) is 14.2. The van der Waals surface area contributed by atoms with Crippen molar-refractivity contribution in [3.05, 3.63) is 23.8 Å². The Morgan fingerprint density at radius 1 is 1.32 bits per heavy atom. The summed E-state index contributed by atoms with van der Waals surface area (Å²) in [5.74, 6) is 2.61. The topological polar surface area (TPSA) is 41.5 Å². The average Bonchev–Trinajstić information content (AvgIpc) is 2.42. The molecule has 0 amide bonds. The molecule has 0 aliphatic heterocycles. The van der Waals surface area contributed by atoms with Gasteiger partial charge in [-0.25, -0.2) is 0 Å². The van der Waals surface area contributed by atoms with Crippen LogP contribution in [0.5, 0.6) is 11.5 Å². The molecular formula is C16H25NO2. The van der Waals surface area contributed by atoms with E-state index in [-0.39, 0.29) is 0 Å². The summed E-state index contributed by atoms with van der Waals surface area (Å²) in [6.45, 7) is 5.36. The molecule has 0 saturated heterocycles. The molecule has 106 valence electrons. The van der Waals surface area contributed by atoms with Crippen molar-refractivity contribution in [2.75, 3.05) is 7.11 Å². The highest BCUT2D eigenvalue weighted by molar-refractivity contribution is 5.39. The lowest BCUT2D eigenvalue weighted by Gasteiger charge is -2.34. The molecule has 1 aliphatic carbocycles. The molecule has 3 unspecified atom stereocenters. The van der Waals surface area contributed by atoms with E-state index in [1.165, 1.54) is 19.3 Å². The molecule has 1 aliphatic rings. The van der Waals surface area contributed by atoms with Crippen LogP contribution < -0.4 is 10.1 Å². The van der Waals surface area contributed by atoms with Crippen molar-refractivity contribution >= 4 is 0 Å². The molecule has 0 spiro atoms. The molecule has 3 heteroatoms. The van der Waals surface area contributed by atoms with Crippen molar-refractivity contribution in [2.45, 2.75) is 45.7 Å². The summed E-state index contributed by atoms with van der Waals surface area (Å²) in [7, 11) is 1.65. The highest BCUT2D eigenvalue weighted by Gasteiger charge is 2.26. The average molecular weight is 263 g/mol. The van der Waals surface area contributed by atoms with Gasteiger partial charge < -0.3 is 15.2 Å². The second-order valence-electron chi connectivity index (χ2n) is 5.75. The predicted molar refractivity (Wildman–Crippen MR) is 77.5 cm³/mol. The Morgan fingerprint density at radius 3 is 2.84 bits per heavy atom. The van der Waals surface area contributed by atoms with Gasteiger partial charge in [-0.3, -0.25) is 0 Å². The summed E-state index contributed by atoms with van der Waals surface area (Å²) >= 11 is 0. The number of nitrogens with one attached hydrogen (secondary N) is 1. The van der Waals surface area contributed by atoms with Crippen molar-refractivity contribution in [3.8, 4) is 11.5 Å². The number of methoxy groups -OCH3 is 1. The second-order valence-corrected chi connectivity index (χ2v) is 5.75. The lowest BCUT2D eigenvalue weighted by molar-refractivity contribution is 0.205. The molecular weight excluding hydrogens is 238 g/mol. The van der Waals surface area contributed by atoms with Crippen LogP contribution in [-0.4, -0.2) is 18.3 Å². The maximum absolute atomic E-state index is 9.88. The number of rotatable bonds is 4. The lowest BCUT2D eigenvalue weighted by atomic mass is 9.78. The summed E-state index contributed by atoms with van der Waals surface area (Å²) < 4.78 is 5.20. The van der Waals surface area contributed by atoms with Crippen LogP contribution in [0.2, 0.25) is 0 Å². The number of hydrogen-bond acceptors (Lipinski definition) is 3. The molecule has 3 nitrogen and oxygen atoms in total. The SMILES string of the molecule is COc1ccc(O)c(CNC2CCCC(C)C2C)c1. The first-order chi connectivity index (χ1) is 9.11. The molecule has 3 atom stereocenters. The number of phenols is 1. The molecule has 19 heavy (non-hydrogen) atoms. The number of aromatic hydroxyl groups is 1. The van der Waals surface area contributed by atoms with Gasteiger partial charge in [0.1, 0.15) is 11.5 Å². The number of ether oxygens (including phenoxy) is 1. The third-order valence-corrected chi connectivity index (χ3v) is 4.55. The fraction of sp³-hybridized carbons (Fsp3) is 0.625. The normalized spacial score (nSPS) is 27.2. The Hall–Kier alpha value is -1.22. The van der Waals surface area contributed by atoms with Crippen LogP contribution in [0.15, 0.2) is 18.2 Å². The Balaban J connectivity index is 1.98. The van der Waals surface area contributed by atoms with E-state index >= 15 is 0 Å². The minimum Gasteiger partial charge on any atom is -0.508 e. The van der Waals surface area contributed by atoms with Crippen molar-refractivity contribution < 1.29 is 9.84 Å². The maximum atomic E-state index is 9.88. The van der Waals surface area contributed by atoms with Gasteiger partial charge in [-0.05, 0) is 36.5 Å².